The molecule has 0 N–H and O–H groups in total. The number of ether oxygens (including phenoxy) is 8. The highest BCUT2D eigenvalue weighted by molar-refractivity contribution is 6.42. The van der Waals surface area contributed by atoms with Crippen molar-refractivity contribution in [3.63, 3.8) is 0 Å². The highest BCUT2D eigenvalue weighted by Crippen LogP contribution is 2.39. The summed E-state index contributed by atoms with van der Waals surface area (Å²) in [4.78, 5) is 4.42. The summed E-state index contributed by atoms with van der Waals surface area (Å²) >= 11 is 0. The fourth-order valence-electron chi connectivity index (χ4n) is 5.78. The first-order valence-corrected chi connectivity index (χ1v) is 18.4. The minimum atomic E-state index is -3.33. The van der Waals surface area contributed by atoms with E-state index in [2.05, 4.69) is 4.99 Å². The van der Waals surface area contributed by atoms with Crippen LogP contribution in [0.25, 0.3) is 16.8 Å². The van der Waals surface area contributed by atoms with Crippen LogP contribution in [0.4, 0.5) is 30.6 Å². The van der Waals surface area contributed by atoms with Crippen molar-refractivity contribution in [3.05, 3.63) is 124 Å². The van der Waals surface area contributed by atoms with Crippen molar-refractivity contribution in [2.24, 2.45) is 4.99 Å². The molecule has 0 radical (unpaired) electrons. The molecule has 1 aliphatic rings. The lowest BCUT2D eigenvalue weighted by Crippen LogP contribution is -2.19. The van der Waals surface area contributed by atoms with Crippen molar-refractivity contribution in [3.8, 4) is 22.8 Å². The zero-order chi connectivity index (χ0) is 42.1. The molecule has 10 nitrogen and oxygen atoms in total. The highest BCUT2D eigenvalue weighted by atomic mass is 19.2. The number of hydrogen-bond acceptors (Lipinski definition) is 9. The van der Waals surface area contributed by atoms with E-state index in [0.29, 0.717) is 81.0 Å². The summed E-state index contributed by atoms with van der Waals surface area (Å²) in [6.07, 6.45) is 2.67. The van der Waals surface area contributed by atoms with E-state index >= 15 is 17.4 Å². The van der Waals surface area contributed by atoms with E-state index in [1.807, 2.05) is 0 Å². The van der Waals surface area contributed by atoms with Crippen LogP contribution in [0.3, 0.4) is 0 Å². The number of aliphatic imine (C=N–C) groups is 1. The second-order valence-corrected chi connectivity index (χ2v) is 12.5. The summed E-state index contributed by atoms with van der Waals surface area (Å²) in [6, 6.07) is 14.9. The summed E-state index contributed by atoms with van der Waals surface area (Å²) in [5, 5.41) is 0. The smallest absolute Gasteiger partial charge is 0.491 e. The van der Waals surface area contributed by atoms with Crippen molar-refractivity contribution in [1.82, 2.24) is 4.48 Å². The minimum Gasteiger partial charge on any atom is -0.491 e. The van der Waals surface area contributed by atoms with Gasteiger partial charge in [-0.05, 0) is 78.4 Å². The standard InChI is InChI=1S/C41H42BF7N2O8/c1-52-15-17-54-19-21-56-23-25-58-29-7-3-27(4-8-29)31-11-12-32(50-31)35(36-37(43)39(45)41(47)40(46)38(36)44)34-14-13-33(51(34)42(48)49)28-5-9-30(10-6-28)59-26-24-57-22-20-55-18-16-53-2/h3-14H,15-26H2,1-2H3/b35-32-. The maximum Gasteiger partial charge on any atom is 0.678 e. The van der Waals surface area contributed by atoms with Gasteiger partial charge in [0.1, 0.15) is 24.7 Å². The van der Waals surface area contributed by atoms with E-state index in [0.717, 1.165) is 6.07 Å². The van der Waals surface area contributed by atoms with E-state index in [1.165, 1.54) is 42.5 Å². The molecule has 0 unspecified atom stereocenters. The van der Waals surface area contributed by atoms with Crippen molar-refractivity contribution in [2.45, 2.75) is 0 Å². The number of hydrogen-bond donors (Lipinski definition) is 0. The van der Waals surface area contributed by atoms with Crippen molar-refractivity contribution < 1.29 is 68.5 Å². The van der Waals surface area contributed by atoms with Gasteiger partial charge >= 0.3 is 7.40 Å². The summed E-state index contributed by atoms with van der Waals surface area (Å²) in [6.45, 7) is 4.33. The van der Waals surface area contributed by atoms with E-state index in [9.17, 15) is 13.2 Å². The molecule has 0 saturated carbocycles. The average Bonchev–Trinajstić information content (AvgIpc) is 3.92. The molecule has 4 aromatic rings. The van der Waals surface area contributed by atoms with Gasteiger partial charge in [-0.1, -0.05) is 0 Å². The third-order valence-corrected chi connectivity index (χ3v) is 8.63. The molecule has 1 aromatic heterocycles. The molecule has 0 fully saturated rings. The van der Waals surface area contributed by atoms with Crippen molar-refractivity contribution in [2.75, 3.05) is 93.5 Å². The zero-order valence-electron chi connectivity index (χ0n) is 32.3. The molecule has 0 aliphatic carbocycles. The van der Waals surface area contributed by atoms with Crippen LogP contribution in [0.1, 0.15) is 16.8 Å². The van der Waals surface area contributed by atoms with Crippen LogP contribution < -0.4 is 9.47 Å². The first-order valence-electron chi connectivity index (χ1n) is 18.4. The van der Waals surface area contributed by atoms with Gasteiger partial charge in [0, 0.05) is 36.7 Å². The zero-order valence-corrected chi connectivity index (χ0v) is 32.3. The van der Waals surface area contributed by atoms with Gasteiger partial charge in [-0.2, -0.15) is 0 Å². The van der Waals surface area contributed by atoms with Crippen molar-refractivity contribution >= 4 is 18.7 Å². The van der Waals surface area contributed by atoms with Gasteiger partial charge in [0.05, 0.1) is 83.0 Å². The maximum atomic E-state index is 15.5. The van der Waals surface area contributed by atoms with Gasteiger partial charge < -0.3 is 42.4 Å². The third kappa shape index (κ3) is 12.1. The summed E-state index contributed by atoms with van der Waals surface area (Å²) in [5.74, 6) is -10.4. The number of nitrogens with zero attached hydrogens (tertiary/aromatic N) is 2. The molecule has 1 aliphatic heterocycles. The molecule has 0 amide bonds. The Morgan fingerprint density at radius 1 is 0.525 bits per heavy atom. The van der Waals surface area contributed by atoms with Gasteiger partial charge in [-0.15, -0.1) is 0 Å². The van der Waals surface area contributed by atoms with E-state index < -0.39 is 53.3 Å². The van der Waals surface area contributed by atoms with Crippen LogP contribution in [0.15, 0.2) is 83.5 Å². The molecule has 316 valence electrons. The van der Waals surface area contributed by atoms with Gasteiger partial charge in [0.2, 0.25) is 5.82 Å². The van der Waals surface area contributed by atoms with Gasteiger partial charge in [-0.25, -0.2) is 26.9 Å². The second kappa shape index (κ2) is 23.0. The van der Waals surface area contributed by atoms with Crippen LogP contribution in [-0.2, 0) is 28.4 Å². The Morgan fingerprint density at radius 2 is 0.966 bits per heavy atom. The lowest BCUT2D eigenvalue weighted by molar-refractivity contribution is 0.0180. The fraction of sp³-hybridized carbons (Fsp3) is 0.341. The van der Waals surface area contributed by atoms with E-state index in [-0.39, 0.29) is 42.5 Å². The Bertz CT molecular complexity index is 2030. The van der Waals surface area contributed by atoms with Crippen LogP contribution in [0.2, 0.25) is 0 Å². The Balaban J connectivity index is 1.37. The monoisotopic (exact) mass is 834 g/mol. The summed E-state index contributed by atoms with van der Waals surface area (Å²) in [7, 11) is -0.184. The molecule has 0 spiro atoms. The molecular formula is C41H42BF7N2O8. The van der Waals surface area contributed by atoms with Crippen LogP contribution >= 0.6 is 0 Å². The molecule has 59 heavy (non-hydrogen) atoms. The minimum absolute atomic E-state index is 0.122. The lowest BCUT2D eigenvalue weighted by Gasteiger charge is -2.17. The van der Waals surface area contributed by atoms with Crippen LogP contribution in [0, 0.1) is 29.1 Å². The van der Waals surface area contributed by atoms with Gasteiger partial charge in [0.25, 0.3) is 0 Å². The van der Waals surface area contributed by atoms with Crippen molar-refractivity contribution in [1.29, 1.82) is 0 Å². The number of halogens is 7. The summed E-state index contributed by atoms with van der Waals surface area (Å²) in [5.41, 5.74) is -2.23. The van der Waals surface area contributed by atoms with E-state index in [4.69, 9.17) is 37.9 Å². The Labute approximate surface area is 336 Å². The predicted octanol–water partition coefficient (Wildman–Crippen LogP) is 7.56. The Morgan fingerprint density at radius 3 is 1.44 bits per heavy atom. The lowest BCUT2D eigenvalue weighted by atomic mass is 9.96. The first kappa shape index (κ1) is 45.1. The van der Waals surface area contributed by atoms with Gasteiger partial charge in [-0.3, -0.25) is 8.63 Å². The Hall–Kier alpha value is -4.98. The number of rotatable bonds is 25. The second-order valence-electron chi connectivity index (χ2n) is 12.5. The normalized spacial score (nSPS) is 13.3. The molecule has 5 rings (SSSR count). The SMILES string of the molecule is COCCOCCOCCOc1ccc(C2=N/C(=C(\c3c(F)c(F)c(F)c(F)c3F)c3ccc(-c4ccc(OCCOCCOCCOC)cc4)n3B(F)F)C=C2)cc1. The third-order valence-electron chi connectivity index (χ3n) is 8.63. The molecule has 0 saturated heterocycles. The number of benzene rings is 3. The fourth-order valence-corrected chi connectivity index (χ4v) is 5.78. The topological polar surface area (TPSA) is 91.1 Å². The van der Waals surface area contributed by atoms with Crippen LogP contribution in [0.5, 0.6) is 11.5 Å². The highest BCUT2D eigenvalue weighted by Gasteiger charge is 2.34. The predicted molar refractivity (Wildman–Crippen MR) is 206 cm³/mol. The van der Waals surface area contributed by atoms with Crippen LogP contribution in [-0.4, -0.2) is 111 Å². The molecule has 0 bridgehead atoms. The number of aromatic nitrogens is 1. The average molecular weight is 835 g/mol. The quantitative estimate of drug-likeness (QED) is 0.0222. The Kier molecular flexibility index (Phi) is 17.6. The van der Waals surface area contributed by atoms with Gasteiger partial charge in [0.15, 0.2) is 23.3 Å². The molecule has 0 atom stereocenters. The van der Waals surface area contributed by atoms with E-state index in [1.54, 1.807) is 38.5 Å². The molecule has 18 heteroatoms. The molecule has 2 heterocycles. The number of methoxy groups -OCH3 is 2. The summed E-state index contributed by atoms with van der Waals surface area (Å²) < 4.78 is 148. The molecular weight excluding hydrogens is 792 g/mol. The first-order chi connectivity index (χ1) is 28.7. The molecule has 3 aromatic carbocycles. The maximum absolute atomic E-state index is 15.5. The number of allylic oxidation sites excluding steroid dienone is 2. The largest absolute Gasteiger partial charge is 0.678 e.